The lowest BCUT2D eigenvalue weighted by molar-refractivity contribution is 0.0970. The van der Waals surface area contributed by atoms with Crippen LogP contribution in [0.2, 0.25) is 0 Å². The fourth-order valence-corrected chi connectivity index (χ4v) is 1.98. The molecule has 0 spiro atoms. The third-order valence-corrected chi connectivity index (χ3v) is 3.18. The first kappa shape index (κ1) is 16.5. The summed E-state index contributed by atoms with van der Waals surface area (Å²) in [5, 5.41) is 0. The van der Waals surface area contributed by atoms with Crippen LogP contribution in [0, 0.1) is 0 Å². The van der Waals surface area contributed by atoms with Gasteiger partial charge < -0.3 is 9.47 Å². The lowest BCUT2D eigenvalue weighted by Crippen LogP contribution is -2.12. The van der Waals surface area contributed by atoms with E-state index >= 15 is 0 Å². The number of carbonyl (C=O) groups is 1. The van der Waals surface area contributed by atoms with Gasteiger partial charge in [0.05, 0.1) is 6.61 Å². The summed E-state index contributed by atoms with van der Waals surface area (Å²) >= 11 is 0. The van der Waals surface area contributed by atoms with Gasteiger partial charge in [0.15, 0.2) is 0 Å². The molecule has 1 rings (SSSR count). The van der Waals surface area contributed by atoms with Gasteiger partial charge in [-0.05, 0) is 30.9 Å². The third-order valence-electron chi connectivity index (χ3n) is 3.18. The summed E-state index contributed by atoms with van der Waals surface area (Å²) in [5.74, 6) is 0.625. The molecule has 3 nitrogen and oxygen atoms in total. The number of carbonyl (C=O) groups excluding carboxylic acids is 1. The van der Waals surface area contributed by atoms with Gasteiger partial charge in [-0.2, -0.15) is 0 Å². The Balaban J connectivity index is 2.37. The van der Waals surface area contributed by atoms with Crippen molar-refractivity contribution in [3.63, 3.8) is 0 Å². The molecule has 0 radical (unpaired) electrons. The Bertz CT molecular complexity index is 388. The van der Waals surface area contributed by atoms with Crippen molar-refractivity contribution >= 4 is 6.16 Å². The molecule has 1 aromatic rings. The minimum atomic E-state index is -0.592. The van der Waals surface area contributed by atoms with Crippen LogP contribution in [0.5, 0.6) is 5.75 Å². The van der Waals surface area contributed by atoms with E-state index in [4.69, 9.17) is 9.47 Å². The second kappa shape index (κ2) is 10.3. The van der Waals surface area contributed by atoms with Crippen LogP contribution in [-0.2, 0) is 11.2 Å². The van der Waals surface area contributed by atoms with Gasteiger partial charge >= 0.3 is 6.16 Å². The zero-order chi connectivity index (χ0) is 14.6. The lowest BCUT2D eigenvalue weighted by atomic mass is 10.1. The minimum Gasteiger partial charge on any atom is -0.434 e. The molecule has 0 atom stereocenters. The van der Waals surface area contributed by atoms with E-state index in [0.717, 1.165) is 37.7 Å². The molecule has 0 aliphatic carbocycles. The van der Waals surface area contributed by atoms with Crippen molar-refractivity contribution in [2.24, 2.45) is 0 Å². The van der Waals surface area contributed by atoms with Crippen LogP contribution in [0.1, 0.15) is 57.9 Å². The number of ether oxygens (including phenoxy) is 2. The highest BCUT2D eigenvalue weighted by molar-refractivity contribution is 5.64. The van der Waals surface area contributed by atoms with Crippen molar-refractivity contribution in [1.29, 1.82) is 0 Å². The topological polar surface area (TPSA) is 35.5 Å². The Morgan fingerprint density at radius 3 is 2.50 bits per heavy atom. The van der Waals surface area contributed by atoms with Gasteiger partial charge in [-0.3, -0.25) is 0 Å². The van der Waals surface area contributed by atoms with Gasteiger partial charge in [0.1, 0.15) is 5.75 Å². The first-order chi connectivity index (χ1) is 9.77. The molecule has 0 saturated heterocycles. The minimum absolute atomic E-state index is 0.440. The van der Waals surface area contributed by atoms with Crippen molar-refractivity contribution in [3.8, 4) is 5.75 Å². The Hall–Kier alpha value is -1.51. The zero-order valence-electron chi connectivity index (χ0n) is 12.7. The van der Waals surface area contributed by atoms with Crippen molar-refractivity contribution in [2.75, 3.05) is 6.61 Å². The van der Waals surface area contributed by atoms with E-state index in [0.29, 0.717) is 12.4 Å². The van der Waals surface area contributed by atoms with E-state index in [-0.39, 0.29) is 0 Å². The molecule has 0 aliphatic heterocycles. The van der Waals surface area contributed by atoms with Crippen LogP contribution in [0.15, 0.2) is 24.3 Å². The SMILES string of the molecule is CCCCCCOC(=O)Oc1ccccc1CCCC. The molecule has 0 aromatic heterocycles. The van der Waals surface area contributed by atoms with Gasteiger partial charge in [-0.1, -0.05) is 57.7 Å². The molecule has 3 heteroatoms. The fraction of sp³-hybridized carbons (Fsp3) is 0.588. The first-order valence-electron chi connectivity index (χ1n) is 7.70. The van der Waals surface area contributed by atoms with Crippen LogP contribution in [0.4, 0.5) is 4.79 Å². The second-order valence-corrected chi connectivity index (χ2v) is 4.97. The summed E-state index contributed by atoms with van der Waals surface area (Å²) in [6, 6.07) is 7.66. The van der Waals surface area contributed by atoms with Gasteiger partial charge in [-0.15, -0.1) is 0 Å². The maximum absolute atomic E-state index is 11.6. The highest BCUT2D eigenvalue weighted by Crippen LogP contribution is 2.20. The summed E-state index contributed by atoms with van der Waals surface area (Å²) < 4.78 is 10.4. The number of hydrogen-bond donors (Lipinski definition) is 0. The Morgan fingerprint density at radius 1 is 1.00 bits per heavy atom. The first-order valence-corrected chi connectivity index (χ1v) is 7.70. The molecule has 112 valence electrons. The molecule has 0 bridgehead atoms. The summed E-state index contributed by atoms with van der Waals surface area (Å²) in [7, 11) is 0. The van der Waals surface area contributed by atoms with E-state index in [9.17, 15) is 4.79 Å². The van der Waals surface area contributed by atoms with E-state index in [1.54, 1.807) is 0 Å². The Morgan fingerprint density at radius 2 is 1.75 bits per heavy atom. The van der Waals surface area contributed by atoms with Crippen LogP contribution < -0.4 is 4.74 Å². The van der Waals surface area contributed by atoms with Crippen molar-refractivity contribution < 1.29 is 14.3 Å². The summed E-state index contributed by atoms with van der Waals surface area (Å²) in [6.45, 7) is 4.74. The zero-order valence-corrected chi connectivity index (χ0v) is 12.7. The van der Waals surface area contributed by atoms with Gasteiger partial charge in [0, 0.05) is 0 Å². The monoisotopic (exact) mass is 278 g/mol. The van der Waals surface area contributed by atoms with Crippen LogP contribution in [0.3, 0.4) is 0 Å². The average Bonchev–Trinajstić information content (AvgIpc) is 2.46. The number of benzene rings is 1. The molecule has 0 heterocycles. The standard InChI is InChI=1S/C17H26O3/c1-3-5-7-10-14-19-17(18)20-16-13-9-8-12-15(16)11-6-4-2/h8-9,12-13H,3-7,10-11,14H2,1-2H3. The molecule has 0 fully saturated rings. The Labute approximate surface area is 122 Å². The number of para-hydroxylation sites is 1. The van der Waals surface area contributed by atoms with E-state index in [1.165, 1.54) is 12.8 Å². The highest BCUT2D eigenvalue weighted by atomic mass is 16.7. The molecule has 0 N–H and O–H groups in total. The van der Waals surface area contributed by atoms with Crippen molar-refractivity contribution in [3.05, 3.63) is 29.8 Å². The average molecular weight is 278 g/mol. The maximum atomic E-state index is 11.6. The number of rotatable bonds is 9. The van der Waals surface area contributed by atoms with E-state index in [1.807, 2.05) is 24.3 Å². The quantitative estimate of drug-likeness (QED) is 0.357. The van der Waals surface area contributed by atoms with Gasteiger partial charge in [0.2, 0.25) is 0 Å². The predicted molar refractivity (Wildman–Crippen MR) is 81.2 cm³/mol. The van der Waals surface area contributed by atoms with E-state index in [2.05, 4.69) is 13.8 Å². The molecule has 0 saturated carbocycles. The molecule has 0 aliphatic rings. The Kier molecular flexibility index (Phi) is 8.52. The van der Waals surface area contributed by atoms with Gasteiger partial charge in [-0.25, -0.2) is 4.79 Å². The predicted octanol–water partition coefficient (Wildman–Crippen LogP) is 5.12. The van der Waals surface area contributed by atoms with Crippen molar-refractivity contribution in [1.82, 2.24) is 0 Å². The van der Waals surface area contributed by atoms with Gasteiger partial charge in [0.25, 0.3) is 0 Å². The highest BCUT2D eigenvalue weighted by Gasteiger charge is 2.09. The van der Waals surface area contributed by atoms with Crippen LogP contribution >= 0.6 is 0 Å². The molecule has 0 unspecified atom stereocenters. The number of hydrogen-bond acceptors (Lipinski definition) is 3. The smallest absolute Gasteiger partial charge is 0.434 e. The molecule has 1 aromatic carbocycles. The maximum Gasteiger partial charge on any atom is 0.513 e. The molecule has 0 amide bonds. The second-order valence-electron chi connectivity index (χ2n) is 4.97. The third kappa shape index (κ3) is 6.60. The molecule has 20 heavy (non-hydrogen) atoms. The van der Waals surface area contributed by atoms with Crippen LogP contribution in [0.25, 0.3) is 0 Å². The van der Waals surface area contributed by atoms with Crippen LogP contribution in [-0.4, -0.2) is 12.8 Å². The fourth-order valence-electron chi connectivity index (χ4n) is 1.98. The number of aryl methyl sites for hydroxylation is 1. The lowest BCUT2D eigenvalue weighted by Gasteiger charge is -2.10. The number of unbranched alkanes of at least 4 members (excludes halogenated alkanes) is 4. The normalized spacial score (nSPS) is 10.3. The molecular formula is C17H26O3. The largest absolute Gasteiger partial charge is 0.513 e. The summed E-state index contributed by atoms with van der Waals surface area (Å²) in [4.78, 5) is 11.6. The summed E-state index contributed by atoms with van der Waals surface area (Å²) in [5.41, 5.74) is 1.07. The summed E-state index contributed by atoms with van der Waals surface area (Å²) in [6.07, 6.45) is 6.90. The van der Waals surface area contributed by atoms with E-state index < -0.39 is 6.16 Å². The molecular weight excluding hydrogens is 252 g/mol. The van der Waals surface area contributed by atoms with Crippen molar-refractivity contribution in [2.45, 2.75) is 58.8 Å².